The van der Waals surface area contributed by atoms with Gasteiger partial charge in [-0.25, -0.2) is 4.68 Å². The molecule has 1 aliphatic heterocycles. The van der Waals surface area contributed by atoms with E-state index in [1.54, 1.807) is 11.8 Å². The average Bonchev–Trinajstić information content (AvgIpc) is 3.08. The van der Waals surface area contributed by atoms with Crippen molar-refractivity contribution in [2.24, 2.45) is 5.41 Å². The molecule has 0 saturated carbocycles. The molecule has 8 heteroatoms. The SMILES string of the molecule is CCOc1ccc(C2C3=C(CC(C)(C)CC3=O)Nc3nc(SC)nn32)c(OC)c1. The number of nitrogens with one attached hydrogen (secondary N) is 1. The van der Waals surface area contributed by atoms with Crippen LogP contribution in [0.1, 0.15) is 45.2 Å². The maximum Gasteiger partial charge on any atom is 0.227 e. The zero-order valence-corrected chi connectivity index (χ0v) is 18.2. The van der Waals surface area contributed by atoms with Crippen LogP contribution in [-0.4, -0.2) is 40.5 Å². The van der Waals surface area contributed by atoms with Gasteiger partial charge in [-0.2, -0.15) is 4.98 Å². The molecule has 1 N–H and O–H groups in total. The van der Waals surface area contributed by atoms with Gasteiger partial charge in [-0.1, -0.05) is 25.6 Å². The lowest BCUT2D eigenvalue weighted by Crippen LogP contribution is -2.36. The number of methoxy groups -OCH3 is 1. The highest BCUT2D eigenvalue weighted by Gasteiger charge is 2.42. The van der Waals surface area contributed by atoms with E-state index in [0.29, 0.717) is 29.9 Å². The first-order valence-corrected chi connectivity index (χ1v) is 10.9. The fourth-order valence-electron chi connectivity index (χ4n) is 4.14. The van der Waals surface area contributed by atoms with Crippen LogP contribution in [-0.2, 0) is 4.79 Å². The van der Waals surface area contributed by atoms with E-state index >= 15 is 0 Å². The van der Waals surface area contributed by atoms with E-state index in [2.05, 4.69) is 29.2 Å². The highest BCUT2D eigenvalue weighted by atomic mass is 32.2. The Morgan fingerprint density at radius 2 is 2.14 bits per heavy atom. The molecule has 0 bridgehead atoms. The van der Waals surface area contributed by atoms with Crippen LogP contribution in [0.25, 0.3) is 0 Å². The smallest absolute Gasteiger partial charge is 0.227 e. The predicted octanol–water partition coefficient (Wildman–Crippen LogP) is 4.07. The quantitative estimate of drug-likeness (QED) is 0.739. The van der Waals surface area contributed by atoms with Crippen molar-refractivity contribution in [3.8, 4) is 11.5 Å². The summed E-state index contributed by atoms with van der Waals surface area (Å²) >= 11 is 1.47. The van der Waals surface area contributed by atoms with E-state index in [9.17, 15) is 4.79 Å². The Balaban J connectivity index is 1.90. The van der Waals surface area contributed by atoms with Gasteiger partial charge >= 0.3 is 0 Å². The molecule has 0 saturated heterocycles. The van der Waals surface area contributed by atoms with Crippen LogP contribution < -0.4 is 14.8 Å². The molecular weight excluding hydrogens is 388 g/mol. The molecule has 2 aromatic rings. The minimum absolute atomic E-state index is 0.0963. The second-order valence-corrected chi connectivity index (χ2v) is 8.84. The summed E-state index contributed by atoms with van der Waals surface area (Å²) in [5, 5.41) is 8.69. The molecule has 0 spiro atoms. The van der Waals surface area contributed by atoms with Crippen LogP contribution in [0.5, 0.6) is 11.5 Å². The number of fused-ring (bicyclic) bond motifs is 1. The summed E-state index contributed by atoms with van der Waals surface area (Å²) in [5.74, 6) is 2.19. The Bertz CT molecular complexity index is 996. The van der Waals surface area contributed by atoms with Gasteiger partial charge in [-0.15, -0.1) is 5.10 Å². The van der Waals surface area contributed by atoms with Gasteiger partial charge in [0.2, 0.25) is 11.1 Å². The number of Topliss-reactive ketones (excluding diaryl/α,β-unsaturated/α-hetero) is 1. The Morgan fingerprint density at radius 1 is 1.34 bits per heavy atom. The van der Waals surface area contributed by atoms with Crippen LogP contribution in [0.15, 0.2) is 34.6 Å². The summed E-state index contributed by atoms with van der Waals surface area (Å²) in [4.78, 5) is 17.9. The fourth-order valence-corrected chi connectivity index (χ4v) is 4.48. The molecule has 1 aromatic heterocycles. The summed E-state index contributed by atoms with van der Waals surface area (Å²) in [7, 11) is 1.63. The van der Waals surface area contributed by atoms with Crippen molar-refractivity contribution in [2.75, 3.05) is 25.3 Å². The van der Waals surface area contributed by atoms with Crippen LogP contribution in [0.3, 0.4) is 0 Å². The average molecular weight is 415 g/mol. The maximum atomic E-state index is 13.3. The molecule has 7 nitrogen and oxygen atoms in total. The molecule has 29 heavy (non-hydrogen) atoms. The number of nitrogens with zero attached hydrogens (tertiary/aromatic N) is 3. The van der Waals surface area contributed by atoms with Crippen LogP contribution in [0.4, 0.5) is 5.95 Å². The van der Waals surface area contributed by atoms with E-state index in [1.165, 1.54) is 11.8 Å². The number of carbonyl (C=O) groups excluding carboxylic acids is 1. The zero-order valence-electron chi connectivity index (χ0n) is 17.4. The number of benzene rings is 1. The van der Waals surface area contributed by atoms with Gasteiger partial charge in [0.1, 0.15) is 17.5 Å². The lowest BCUT2D eigenvalue weighted by atomic mass is 9.73. The maximum absolute atomic E-state index is 13.3. The van der Waals surface area contributed by atoms with E-state index in [4.69, 9.17) is 9.47 Å². The van der Waals surface area contributed by atoms with Gasteiger partial charge in [-0.05, 0) is 37.1 Å². The number of hydrogen-bond acceptors (Lipinski definition) is 7. The third-order valence-corrected chi connectivity index (χ3v) is 5.84. The van der Waals surface area contributed by atoms with Crippen molar-refractivity contribution in [3.63, 3.8) is 0 Å². The molecule has 4 rings (SSSR count). The normalized spacial score (nSPS) is 20.0. The van der Waals surface area contributed by atoms with Gasteiger partial charge in [0, 0.05) is 29.3 Å². The summed E-state index contributed by atoms with van der Waals surface area (Å²) < 4.78 is 13.1. The number of hydrogen-bond donors (Lipinski definition) is 1. The summed E-state index contributed by atoms with van der Waals surface area (Å²) in [5.41, 5.74) is 2.45. The summed E-state index contributed by atoms with van der Waals surface area (Å²) in [6.45, 7) is 6.76. The first-order valence-electron chi connectivity index (χ1n) is 9.71. The van der Waals surface area contributed by atoms with Crippen molar-refractivity contribution in [1.29, 1.82) is 0 Å². The second kappa shape index (κ2) is 7.40. The van der Waals surface area contributed by atoms with Crippen molar-refractivity contribution < 1.29 is 14.3 Å². The van der Waals surface area contributed by atoms with Crippen molar-refractivity contribution in [3.05, 3.63) is 35.0 Å². The van der Waals surface area contributed by atoms with Gasteiger partial charge in [0.05, 0.1) is 13.7 Å². The Hall–Kier alpha value is -2.48. The predicted molar refractivity (Wildman–Crippen MR) is 113 cm³/mol. The number of rotatable bonds is 5. The number of carbonyl (C=O) groups is 1. The third-order valence-electron chi connectivity index (χ3n) is 5.31. The molecule has 0 amide bonds. The first kappa shape index (κ1) is 19.8. The van der Waals surface area contributed by atoms with Crippen LogP contribution in [0, 0.1) is 5.41 Å². The topological polar surface area (TPSA) is 78.3 Å². The fraction of sp³-hybridized carbons (Fsp3) is 0.476. The number of aromatic nitrogens is 3. The van der Waals surface area contributed by atoms with Crippen LogP contribution >= 0.6 is 11.8 Å². The Labute approximate surface area is 174 Å². The molecule has 154 valence electrons. The molecule has 0 radical (unpaired) electrons. The lowest BCUT2D eigenvalue weighted by molar-refractivity contribution is -0.118. The third kappa shape index (κ3) is 3.50. The largest absolute Gasteiger partial charge is 0.496 e. The molecule has 1 unspecified atom stereocenters. The minimum atomic E-state index is -0.385. The van der Waals surface area contributed by atoms with E-state index in [1.807, 2.05) is 31.4 Å². The second-order valence-electron chi connectivity index (χ2n) is 8.06. The molecule has 1 aromatic carbocycles. The zero-order chi connectivity index (χ0) is 20.8. The van der Waals surface area contributed by atoms with Gasteiger partial charge in [-0.3, -0.25) is 4.79 Å². The lowest BCUT2D eigenvalue weighted by Gasteiger charge is -2.38. The monoisotopic (exact) mass is 414 g/mol. The minimum Gasteiger partial charge on any atom is -0.496 e. The molecule has 0 fully saturated rings. The molecule has 2 aliphatic rings. The number of thioether (sulfide) groups is 1. The highest BCUT2D eigenvalue weighted by Crippen LogP contribution is 2.47. The van der Waals surface area contributed by atoms with Crippen molar-refractivity contribution in [1.82, 2.24) is 14.8 Å². The van der Waals surface area contributed by atoms with Gasteiger partial charge in [0.25, 0.3) is 0 Å². The Morgan fingerprint density at radius 3 is 2.83 bits per heavy atom. The van der Waals surface area contributed by atoms with E-state index in [0.717, 1.165) is 29.0 Å². The summed E-state index contributed by atoms with van der Waals surface area (Å²) in [6, 6.07) is 5.35. The molecule has 1 atom stereocenters. The summed E-state index contributed by atoms with van der Waals surface area (Å²) in [6.07, 6.45) is 3.23. The molecule has 2 heterocycles. The first-order chi connectivity index (χ1) is 13.9. The van der Waals surface area contributed by atoms with Gasteiger partial charge in [0.15, 0.2) is 5.78 Å². The number of allylic oxidation sites excluding steroid dienone is 2. The number of ether oxygens (including phenoxy) is 2. The van der Waals surface area contributed by atoms with Crippen molar-refractivity contribution in [2.45, 2.75) is 44.8 Å². The van der Waals surface area contributed by atoms with Crippen LogP contribution in [0.2, 0.25) is 0 Å². The van der Waals surface area contributed by atoms with Gasteiger partial charge < -0.3 is 14.8 Å². The van der Waals surface area contributed by atoms with E-state index < -0.39 is 0 Å². The highest BCUT2D eigenvalue weighted by molar-refractivity contribution is 7.98. The number of ketones is 1. The standard InChI is InChI=1S/C21H26N4O3S/c1-6-28-12-7-8-13(16(9-12)27-4)18-17-14(10-21(2,3)11-15(17)26)22-19-23-20(29-5)24-25(18)19/h7-9,18H,6,10-11H2,1-5H3,(H,22,23,24). The molecular formula is C21H26N4O3S. The van der Waals surface area contributed by atoms with Crippen molar-refractivity contribution >= 4 is 23.5 Å². The van der Waals surface area contributed by atoms with E-state index in [-0.39, 0.29) is 17.2 Å². The Kier molecular flexibility index (Phi) is 5.06. The number of anilines is 1. The molecule has 1 aliphatic carbocycles.